The molecule has 1 N–H and O–H groups in total. The van der Waals surface area contributed by atoms with Crippen LogP contribution in [0.2, 0.25) is 5.02 Å². The Morgan fingerprint density at radius 2 is 2.19 bits per heavy atom. The molecule has 0 aliphatic carbocycles. The van der Waals surface area contributed by atoms with E-state index in [1.165, 1.54) is 12.1 Å². The first-order valence-corrected chi connectivity index (χ1v) is 7.14. The van der Waals surface area contributed by atoms with Crippen LogP contribution in [0.1, 0.15) is 36.9 Å². The average Bonchev–Trinajstić information content (AvgIpc) is 2.72. The fourth-order valence-corrected chi connectivity index (χ4v) is 2.24. The number of benzene rings is 1. The largest absolute Gasteiger partial charge is 0.484 e. The minimum Gasteiger partial charge on any atom is -0.484 e. The normalized spacial score (nSPS) is 12.5. The van der Waals surface area contributed by atoms with Crippen LogP contribution in [0.3, 0.4) is 0 Å². The van der Waals surface area contributed by atoms with Gasteiger partial charge in [-0.2, -0.15) is 5.10 Å². The van der Waals surface area contributed by atoms with Gasteiger partial charge in [-0.15, -0.1) is 0 Å². The predicted octanol–water partition coefficient (Wildman–Crippen LogP) is 3.64. The number of aliphatic hydroxyl groups excluding tert-OH is 1. The molecule has 1 aromatic heterocycles. The van der Waals surface area contributed by atoms with Gasteiger partial charge in [0.2, 0.25) is 0 Å². The third-order valence-electron chi connectivity index (χ3n) is 3.26. The minimum absolute atomic E-state index is 0.122. The molecule has 0 spiro atoms. The van der Waals surface area contributed by atoms with Crippen LogP contribution in [-0.4, -0.2) is 14.9 Å². The molecule has 1 heterocycles. The maximum Gasteiger partial charge on any atom is 0.165 e. The monoisotopic (exact) mass is 312 g/mol. The molecule has 1 atom stereocenters. The zero-order valence-electron chi connectivity index (χ0n) is 12.2. The fourth-order valence-electron chi connectivity index (χ4n) is 2.05. The first-order chi connectivity index (χ1) is 9.93. The molecule has 0 amide bonds. The smallest absolute Gasteiger partial charge is 0.165 e. The van der Waals surface area contributed by atoms with E-state index < -0.39 is 11.9 Å². The zero-order valence-corrected chi connectivity index (χ0v) is 13.0. The van der Waals surface area contributed by atoms with E-state index in [9.17, 15) is 9.50 Å². The van der Waals surface area contributed by atoms with Gasteiger partial charge in [-0.25, -0.2) is 4.39 Å². The molecule has 2 aromatic rings. The third-order valence-corrected chi connectivity index (χ3v) is 3.75. The summed E-state index contributed by atoms with van der Waals surface area (Å²) in [6, 6.07) is 4.40. The first kappa shape index (κ1) is 15.8. The van der Waals surface area contributed by atoms with Gasteiger partial charge in [0.25, 0.3) is 0 Å². The van der Waals surface area contributed by atoms with Crippen molar-refractivity contribution in [3.63, 3.8) is 0 Å². The lowest BCUT2D eigenvalue weighted by atomic mass is 10.1. The van der Waals surface area contributed by atoms with Crippen molar-refractivity contribution in [3.05, 3.63) is 46.0 Å². The summed E-state index contributed by atoms with van der Waals surface area (Å²) < 4.78 is 21.1. The Bertz CT molecular complexity index is 641. The summed E-state index contributed by atoms with van der Waals surface area (Å²) in [5.41, 5.74) is 1.95. The standard InChI is InChI=1S/C15H18ClFN2O2/c1-4-19-13(15(16)9(2)18-19)8-21-14-6-5-11(10(3)20)7-12(14)17/h5-7,10,20H,4,8H2,1-3H3. The number of rotatable bonds is 5. The lowest BCUT2D eigenvalue weighted by Gasteiger charge is -2.11. The highest BCUT2D eigenvalue weighted by atomic mass is 35.5. The van der Waals surface area contributed by atoms with Crippen LogP contribution in [0, 0.1) is 12.7 Å². The van der Waals surface area contributed by atoms with E-state index in [2.05, 4.69) is 5.10 Å². The molecule has 0 saturated heterocycles. The highest BCUT2D eigenvalue weighted by Gasteiger charge is 2.14. The third kappa shape index (κ3) is 3.36. The predicted molar refractivity (Wildman–Crippen MR) is 79.0 cm³/mol. The summed E-state index contributed by atoms with van der Waals surface area (Å²) in [7, 11) is 0. The molecule has 4 nitrogen and oxygen atoms in total. The quantitative estimate of drug-likeness (QED) is 0.917. The second-order valence-electron chi connectivity index (χ2n) is 4.82. The first-order valence-electron chi connectivity index (χ1n) is 6.76. The van der Waals surface area contributed by atoms with Crippen molar-refractivity contribution < 1.29 is 14.2 Å². The van der Waals surface area contributed by atoms with Crippen molar-refractivity contribution in [1.29, 1.82) is 0 Å². The number of hydrogen-bond acceptors (Lipinski definition) is 3. The molecular formula is C15H18ClFN2O2. The van der Waals surface area contributed by atoms with Gasteiger partial charge in [0, 0.05) is 6.54 Å². The maximum atomic E-state index is 13.9. The molecule has 21 heavy (non-hydrogen) atoms. The molecule has 1 unspecified atom stereocenters. The van der Waals surface area contributed by atoms with Gasteiger partial charge in [0.05, 0.1) is 22.5 Å². The van der Waals surface area contributed by atoms with Crippen LogP contribution in [0.5, 0.6) is 5.75 Å². The molecule has 114 valence electrons. The molecule has 0 saturated carbocycles. The van der Waals surface area contributed by atoms with Crippen LogP contribution in [0.15, 0.2) is 18.2 Å². The summed E-state index contributed by atoms with van der Waals surface area (Å²) in [4.78, 5) is 0. The van der Waals surface area contributed by atoms with Gasteiger partial charge in [0.15, 0.2) is 11.6 Å². The summed E-state index contributed by atoms with van der Waals surface area (Å²) >= 11 is 6.18. The van der Waals surface area contributed by atoms with Gasteiger partial charge in [-0.1, -0.05) is 17.7 Å². The van der Waals surface area contributed by atoms with Crippen molar-refractivity contribution in [2.45, 2.75) is 40.0 Å². The van der Waals surface area contributed by atoms with Crippen molar-refractivity contribution in [3.8, 4) is 5.75 Å². The molecule has 6 heteroatoms. The number of ether oxygens (including phenoxy) is 1. The van der Waals surface area contributed by atoms with Crippen LogP contribution in [0.25, 0.3) is 0 Å². The molecule has 0 aliphatic heterocycles. The number of nitrogens with zero attached hydrogens (tertiary/aromatic N) is 2. The molecule has 1 aromatic carbocycles. The Hall–Kier alpha value is -1.59. The SMILES string of the molecule is CCn1nc(C)c(Cl)c1COc1ccc(C(C)O)cc1F. The van der Waals surface area contributed by atoms with Gasteiger partial charge in [0.1, 0.15) is 6.61 Å². The molecule has 2 rings (SSSR count). The molecule has 0 bridgehead atoms. The summed E-state index contributed by atoms with van der Waals surface area (Å²) in [5, 5.41) is 14.2. The van der Waals surface area contributed by atoms with E-state index in [0.717, 1.165) is 11.4 Å². The number of halogens is 2. The van der Waals surface area contributed by atoms with Gasteiger partial charge in [-0.3, -0.25) is 4.68 Å². The number of aliphatic hydroxyl groups is 1. The lowest BCUT2D eigenvalue weighted by molar-refractivity contribution is 0.198. The van der Waals surface area contributed by atoms with Crippen LogP contribution < -0.4 is 4.74 Å². The average molecular weight is 313 g/mol. The maximum absolute atomic E-state index is 13.9. The van der Waals surface area contributed by atoms with Crippen LogP contribution >= 0.6 is 11.6 Å². The summed E-state index contributed by atoms with van der Waals surface area (Å²) in [6.45, 7) is 6.14. The van der Waals surface area contributed by atoms with Gasteiger partial charge < -0.3 is 9.84 Å². The number of aromatic nitrogens is 2. The van der Waals surface area contributed by atoms with Crippen LogP contribution in [-0.2, 0) is 13.2 Å². The Labute approximate surface area is 128 Å². The van der Waals surface area contributed by atoms with E-state index >= 15 is 0 Å². The molecule has 0 fully saturated rings. The Balaban J connectivity index is 2.17. The van der Waals surface area contributed by atoms with Gasteiger partial charge >= 0.3 is 0 Å². The molecule has 0 radical (unpaired) electrons. The van der Waals surface area contributed by atoms with Crippen molar-refractivity contribution in [1.82, 2.24) is 9.78 Å². The lowest BCUT2D eigenvalue weighted by Crippen LogP contribution is -2.07. The number of hydrogen-bond donors (Lipinski definition) is 1. The Kier molecular flexibility index (Phi) is 4.85. The summed E-state index contributed by atoms with van der Waals surface area (Å²) in [5.74, 6) is -0.388. The zero-order chi connectivity index (χ0) is 15.6. The Morgan fingerprint density at radius 3 is 2.76 bits per heavy atom. The molecular weight excluding hydrogens is 295 g/mol. The van der Waals surface area contributed by atoms with E-state index in [0.29, 0.717) is 17.1 Å². The topological polar surface area (TPSA) is 47.3 Å². The minimum atomic E-state index is -0.716. The second kappa shape index (κ2) is 6.45. The van der Waals surface area contributed by atoms with Crippen molar-refractivity contribution in [2.75, 3.05) is 0 Å². The van der Waals surface area contributed by atoms with E-state index in [1.54, 1.807) is 17.7 Å². The Morgan fingerprint density at radius 1 is 1.48 bits per heavy atom. The van der Waals surface area contributed by atoms with Crippen molar-refractivity contribution >= 4 is 11.6 Å². The van der Waals surface area contributed by atoms with E-state index in [4.69, 9.17) is 16.3 Å². The highest BCUT2D eigenvalue weighted by molar-refractivity contribution is 6.31. The van der Waals surface area contributed by atoms with Crippen LogP contribution in [0.4, 0.5) is 4.39 Å². The van der Waals surface area contributed by atoms with Crippen molar-refractivity contribution in [2.24, 2.45) is 0 Å². The molecule has 0 aliphatic rings. The highest BCUT2D eigenvalue weighted by Crippen LogP contribution is 2.25. The van der Waals surface area contributed by atoms with E-state index in [1.807, 2.05) is 13.8 Å². The number of aryl methyl sites for hydroxylation is 2. The van der Waals surface area contributed by atoms with Gasteiger partial charge in [-0.05, 0) is 38.5 Å². The summed E-state index contributed by atoms with van der Waals surface area (Å²) in [6.07, 6.45) is -0.716. The van der Waals surface area contributed by atoms with E-state index in [-0.39, 0.29) is 12.4 Å². The fraction of sp³-hybridized carbons (Fsp3) is 0.400. The second-order valence-corrected chi connectivity index (χ2v) is 5.19.